The van der Waals surface area contributed by atoms with Crippen molar-refractivity contribution in [2.24, 2.45) is 5.92 Å². The molecule has 0 aliphatic carbocycles. The van der Waals surface area contributed by atoms with Crippen molar-refractivity contribution in [2.75, 3.05) is 5.75 Å². The minimum absolute atomic E-state index is 0.0800. The molecule has 1 fully saturated rings. The van der Waals surface area contributed by atoms with Gasteiger partial charge in [-0.25, -0.2) is 0 Å². The fourth-order valence-electron chi connectivity index (χ4n) is 1.69. The van der Waals surface area contributed by atoms with Gasteiger partial charge in [0.15, 0.2) is 5.12 Å². The number of benzene rings is 1. The van der Waals surface area contributed by atoms with Gasteiger partial charge in [-0.05, 0) is 5.56 Å². The zero-order valence-electron chi connectivity index (χ0n) is 7.93. The molecule has 3 heteroatoms. The Bertz CT molecular complexity index is 350. The molecule has 0 saturated carbocycles. The maximum Gasteiger partial charge on any atom is 0.195 e. The Hall–Kier alpha value is -0.800. The van der Waals surface area contributed by atoms with Gasteiger partial charge in [0, 0.05) is 5.75 Å². The highest BCUT2D eigenvalue weighted by atomic mass is 32.2. The van der Waals surface area contributed by atoms with Crippen LogP contribution in [0.15, 0.2) is 30.3 Å². The second-order valence-corrected chi connectivity index (χ2v) is 4.60. The van der Waals surface area contributed by atoms with E-state index in [0.29, 0.717) is 5.75 Å². The van der Waals surface area contributed by atoms with Crippen LogP contribution in [-0.4, -0.2) is 16.0 Å². The Balaban J connectivity index is 2.39. The molecular weight excluding hydrogens is 196 g/mol. The zero-order valence-corrected chi connectivity index (χ0v) is 8.75. The van der Waals surface area contributed by atoms with Gasteiger partial charge in [-0.3, -0.25) is 4.79 Å². The van der Waals surface area contributed by atoms with Gasteiger partial charge in [0.05, 0.1) is 5.92 Å². The highest BCUT2D eigenvalue weighted by molar-refractivity contribution is 8.14. The first kappa shape index (κ1) is 9.74. The third kappa shape index (κ3) is 1.37. The average Bonchev–Trinajstić information content (AvgIpc) is 2.49. The molecule has 0 aromatic heterocycles. The lowest BCUT2D eigenvalue weighted by molar-refractivity contribution is -0.119. The zero-order chi connectivity index (χ0) is 10.2. The first-order chi connectivity index (χ1) is 6.64. The molecule has 2 atom stereocenters. The summed E-state index contributed by atoms with van der Waals surface area (Å²) in [5, 5.41) is 10.4. The van der Waals surface area contributed by atoms with Gasteiger partial charge in [-0.2, -0.15) is 0 Å². The van der Waals surface area contributed by atoms with E-state index in [9.17, 15) is 9.90 Å². The molecule has 0 bridgehead atoms. The number of rotatable bonds is 1. The molecule has 1 N–H and O–H groups in total. The van der Waals surface area contributed by atoms with Crippen LogP contribution in [0.1, 0.15) is 12.5 Å². The molecule has 0 amide bonds. The van der Waals surface area contributed by atoms with Gasteiger partial charge >= 0.3 is 0 Å². The standard InChI is InChI=1S/C11H12O2S/c1-8-10(12)14-7-11(8,13)9-5-3-2-4-6-9/h2-6,8,13H,7H2,1H3. The van der Waals surface area contributed by atoms with Gasteiger partial charge in [-0.15, -0.1) is 0 Å². The van der Waals surface area contributed by atoms with Crippen LogP contribution in [0.25, 0.3) is 0 Å². The van der Waals surface area contributed by atoms with E-state index in [1.54, 1.807) is 6.92 Å². The summed E-state index contributed by atoms with van der Waals surface area (Å²) in [4.78, 5) is 11.4. The van der Waals surface area contributed by atoms with Gasteiger partial charge in [-0.1, -0.05) is 49.0 Å². The summed E-state index contributed by atoms with van der Waals surface area (Å²) < 4.78 is 0. The fourth-order valence-corrected chi connectivity index (χ4v) is 2.91. The molecule has 1 aromatic carbocycles. The molecule has 74 valence electrons. The quantitative estimate of drug-likeness (QED) is 0.764. The van der Waals surface area contributed by atoms with Gasteiger partial charge in [0.25, 0.3) is 0 Å². The molecule has 1 saturated heterocycles. The van der Waals surface area contributed by atoms with E-state index in [1.807, 2.05) is 30.3 Å². The molecule has 1 aromatic rings. The normalized spacial score (nSPS) is 32.1. The molecule has 14 heavy (non-hydrogen) atoms. The summed E-state index contributed by atoms with van der Waals surface area (Å²) in [6, 6.07) is 9.41. The Morgan fingerprint density at radius 2 is 2.07 bits per heavy atom. The minimum atomic E-state index is -0.969. The fraction of sp³-hybridized carbons (Fsp3) is 0.364. The third-order valence-electron chi connectivity index (χ3n) is 2.78. The van der Waals surface area contributed by atoms with E-state index < -0.39 is 5.60 Å². The number of hydrogen-bond acceptors (Lipinski definition) is 3. The van der Waals surface area contributed by atoms with Crippen molar-refractivity contribution < 1.29 is 9.90 Å². The van der Waals surface area contributed by atoms with Gasteiger partial charge in [0.1, 0.15) is 5.60 Å². The molecule has 2 unspecified atom stereocenters. The van der Waals surface area contributed by atoms with Gasteiger partial charge < -0.3 is 5.11 Å². The van der Waals surface area contributed by atoms with Crippen molar-refractivity contribution in [1.82, 2.24) is 0 Å². The van der Waals surface area contributed by atoms with Crippen LogP contribution < -0.4 is 0 Å². The molecular formula is C11H12O2S. The van der Waals surface area contributed by atoms with Crippen molar-refractivity contribution in [3.8, 4) is 0 Å². The van der Waals surface area contributed by atoms with Crippen molar-refractivity contribution >= 4 is 16.9 Å². The number of thioether (sulfide) groups is 1. The minimum Gasteiger partial charge on any atom is -0.383 e. The predicted octanol–water partition coefficient (Wildman–Crippen LogP) is 1.78. The van der Waals surface area contributed by atoms with Crippen LogP contribution >= 0.6 is 11.8 Å². The summed E-state index contributed by atoms with van der Waals surface area (Å²) in [7, 11) is 0. The smallest absolute Gasteiger partial charge is 0.195 e. The van der Waals surface area contributed by atoms with Gasteiger partial charge in [0.2, 0.25) is 0 Å². The SMILES string of the molecule is CC1C(=O)SCC1(O)c1ccccc1. The highest BCUT2D eigenvalue weighted by Crippen LogP contribution is 2.42. The average molecular weight is 208 g/mol. The summed E-state index contributed by atoms with van der Waals surface area (Å²) in [5.41, 5.74) is -0.130. The van der Waals surface area contributed by atoms with Crippen LogP contribution in [0.5, 0.6) is 0 Å². The largest absolute Gasteiger partial charge is 0.383 e. The van der Waals surface area contributed by atoms with E-state index in [-0.39, 0.29) is 11.0 Å². The van der Waals surface area contributed by atoms with Crippen molar-refractivity contribution in [3.05, 3.63) is 35.9 Å². The monoisotopic (exact) mass is 208 g/mol. The predicted molar refractivity (Wildman–Crippen MR) is 57.0 cm³/mol. The van der Waals surface area contributed by atoms with Crippen molar-refractivity contribution in [3.63, 3.8) is 0 Å². The van der Waals surface area contributed by atoms with Crippen molar-refractivity contribution in [1.29, 1.82) is 0 Å². The number of carbonyl (C=O) groups excluding carboxylic acids is 1. The second-order valence-electron chi connectivity index (χ2n) is 3.62. The number of aliphatic hydroxyl groups is 1. The second kappa shape index (κ2) is 3.41. The van der Waals surface area contributed by atoms with Crippen molar-refractivity contribution in [2.45, 2.75) is 12.5 Å². The van der Waals surface area contributed by atoms with E-state index in [0.717, 1.165) is 5.56 Å². The molecule has 1 heterocycles. The van der Waals surface area contributed by atoms with E-state index >= 15 is 0 Å². The topological polar surface area (TPSA) is 37.3 Å². The molecule has 1 aliphatic rings. The Labute approximate surface area is 87.3 Å². The van der Waals surface area contributed by atoms with E-state index in [4.69, 9.17) is 0 Å². The highest BCUT2D eigenvalue weighted by Gasteiger charge is 2.45. The van der Waals surface area contributed by atoms with Crippen LogP contribution in [-0.2, 0) is 10.4 Å². The Kier molecular flexibility index (Phi) is 2.37. The first-order valence-electron chi connectivity index (χ1n) is 4.59. The molecule has 2 nitrogen and oxygen atoms in total. The Morgan fingerprint density at radius 1 is 1.43 bits per heavy atom. The lowest BCUT2D eigenvalue weighted by atomic mass is 9.85. The molecule has 0 radical (unpaired) electrons. The van der Waals surface area contributed by atoms with Crippen LogP contribution in [0.2, 0.25) is 0 Å². The molecule has 2 rings (SSSR count). The summed E-state index contributed by atoms with van der Waals surface area (Å²) in [6.07, 6.45) is 0. The van der Waals surface area contributed by atoms with E-state index in [1.165, 1.54) is 11.8 Å². The van der Waals surface area contributed by atoms with Crippen LogP contribution in [0, 0.1) is 5.92 Å². The summed E-state index contributed by atoms with van der Waals surface area (Å²) in [5.74, 6) is 0.159. The first-order valence-corrected chi connectivity index (χ1v) is 5.58. The summed E-state index contributed by atoms with van der Waals surface area (Å²) in [6.45, 7) is 1.79. The third-order valence-corrected chi connectivity index (χ3v) is 4.00. The van der Waals surface area contributed by atoms with E-state index in [2.05, 4.69) is 0 Å². The lowest BCUT2D eigenvalue weighted by Crippen LogP contribution is -2.33. The number of hydrogen-bond donors (Lipinski definition) is 1. The summed E-state index contributed by atoms with van der Waals surface area (Å²) >= 11 is 1.22. The lowest BCUT2D eigenvalue weighted by Gasteiger charge is -2.25. The maximum atomic E-state index is 11.4. The molecule has 1 aliphatic heterocycles. The molecule has 0 spiro atoms. The Morgan fingerprint density at radius 3 is 2.57 bits per heavy atom. The van der Waals surface area contributed by atoms with Crippen LogP contribution in [0.4, 0.5) is 0 Å². The van der Waals surface area contributed by atoms with Crippen LogP contribution in [0.3, 0.4) is 0 Å². The number of carbonyl (C=O) groups is 1. The maximum absolute atomic E-state index is 11.4.